The predicted octanol–water partition coefficient (Wildman–Crippen LogP) is 3.19. The average Bonchev–Trinajstić information content (AvgIpc) is 2.83. The summed E-state index contributed by atoms with van der Waals surface area (Å²) < 4.78 is 17.5. The predicted molar refractivity (Wildman–Crippen MR) is 103 cm³/mol. The molecule has 0 aliphatic carbocycles. The first kappa shape index (κ1) is 19.0. The molecule has 0 N–H and O–H groups in total. The molecule has 6 heteroatoms. The topological polar surface area (TPSA) is 53.5 Å². The number of methoxy groups -OCH3 is 1. The van der Waals surface area contributed by atoms with Crippen molar-refractivity contribution in [3.8, 4) is 11.4 Å². The minimum Gasteiger partial charge on any atom is -0.399 e. The third-order valence-electron chi connectivity index (χ3n) is 5.33. The monoisotopic (exact) mass is 354 g/mol. The van der Waals surface area contributed by atoms with Crippen LogP contribution in [0.25, 0.3) is 11.4 Å². The first-order valence-corrected chi connectivity index (χ1v) is 9.00. The van der Waals surface area contributed by atoms with Crippen molar-refractivity contribution in [3.63, 3.8) is 0 Å². The van der Waals surface area contributed by atoms with Crippen LogP contribution in [-0.2, 0) is 14.0 Å². The number of rotatable bonds is 5. The van der Waals surface area contributed by atoms with Crippen molar-refractivity contribution in [2.75, 3.05) is 13.7 Å². The molecule has 2 heterocycles. The van der Waals surface area contributed by atoms with Gasteiger partial charge in [0.15, 0.2) is 5.82 Å². The Kier molecular flexibility index (Phi) is 5.19. The first-order chi connectivity index (χ1) is 12.2. The summed E-state index contributed by atoms with van der Waals surface area (Å²) in [6.45, 7) is 11.0. The van der Waals surface area contributed by atoms with Crippen LogP contribution in [0.3, 0.4) is 0 Å². The van der Waals surface area contributed by atoms with Crippen LogP contribution in [-0.4, -0.2) is 42.0 Å². The summed E-state index contributed by atoms with van der Waals surface area (Å²) in [5.41, 5.74) is 2.27. The molecule has 26 heavy (non-hydrogen) atoms. The van der Waals surface area contributed by atoms with E-state index in [1.165, 1.54) is 0 Å². The molecule has 5 nitrogen and oxygen atoms in total. The normalized spacial score (nSPS) is 19.5. The summed E-state index contributed by atoms with van der Waals surface area (Å²) in [6, 6.07) is 8.04. The third-order valence-corrected chi connectivity index (χ3v) is 5.33. The second-order valence-corrected chi connectivity index (χ2v) is 7.91. The quantitative estimate of drug-likeness (QED) is 0.772. The summed E-state index contributed by atoms with van der Waals surface area (Å²) in [4.78, 5) is 9.06. The molecule has 138 valence electrons. The van der Waals surface area contributed by atoms with Crippen LogP contribution in [0.15, 0.2) is 36.7 Å². The van der Waals surface area contributed by atoms with Crippen molar-refractivity contribution in [1.29, 1.82) is 0 Å². The van der Waals surface area contributed by atoms with Crippen molar-refractivity contribution in [3.05, 3.63) is 42.2 Å². The van der Waals surface area contributed by atoms with E-state index in [0.29, 0.717) is 12.4 Å². The lowest BCUT2D eigenvalue weighted by atomic mass is 9.78. The van der Waals surface area contributed by atoms with Crippen LogP contribution in [0.5, 0.6) is 0 Å². The summed E-state index contributed by atoms with van der Waals surface area (Å²) in [7, 11) is 1.31. The van der Waals surface area contributed by atoms with Crippen LogP contribution in [0.4, 0.5) is 0 Å². The highest BCUT2D eigenvalue weighted by Crippen LogP contribution is 2.36. The van der Waals surface area contributed by atoms with Gasteiger partial charge in [-0.15, -0.1) is 0 Å². The number of benzene rings is 1. The Balaban J connectivity index is 1.82. The fourth-order valence-electron chi connectivity index (χ4n) is 2.89. The molecule has 1 aromatic carbocycles. The molecule has 0 radical (unpaired) electrons. The molecule has 1 fully saturated rings. The fraction of sp³-hybridized carbons (Fsp3) is 0.500. The van der Waals surface area contributed by atoms with Gasteiger partial charge in [0.25, 0.3) is 0 Å². The smallest absolute Gasteiger partial charge is 0.399 e. The van der Waals surface area contributed by atoms with Gasteiger partial charge in [-0.1, -0.05) is 31.2 Å². The first-order valence-electron chi connectivity index (χ1n) is 9.00. The van der Waals surface area contributed by atoms with Crippen LogP contribution < -0.4 is 5.46 Å². The van der Waals surface area contributed by atoms with Crippen LogP contribution in [0, 0.1) is 0 Å². The Bertz CT molecular complexity index is 746. The van der Waals surface area contributed by atoms with E-state index in [4.69, 9.17) is 14.0 Å². The lowest BCUT2D eigenvalue weighted by Gasteiger charge is -2.32. The van der Waals surface area contributed by atoms with Gasteiger partial charge < -0.3 is 14.0 Å². The molecule has 1 atom stereocenters. The highest BCUT2D eigenvalue weighted by molar-refractivity contribution is 6.62. The largest absolute Gasteiger partial charge is 0.494 e. The lowest BCUT2D eigenvalue weighted by Crippen LogP contribution is -2.41. The second kappa shape index (κ2) is 7.10. The van der Waals surface area contributed by atoms with Gasteiger partial charge in [-0.3, -0.25) is 0 Å². The van der Waals surface area contributed by atoms with Crippen LogP contribution in [0.1, 0.15) is 46.1 Å². The molecule has 0 amide bonds. The van der Waals surface area contributed by atoms with E-state index in [1.54, 1.807) is 7.11 Å². The second-order valence-electron chi connectivity index (χ2n) is 7.91. The molecule has 0 bridgehead atoms. The molecule has 1 aliphatic rings. The maximum atomic E-state index is 6.14. The Morgan fingerprint density at radius 2 is 1.69 bits per heavy atom. The number of ether oxygens (including phenoxy) is 1. The van der Waals surface area contributed by atoms with Crippen molar-refractivity contribution < 1.29 is 14.0 Å². The molecule has 0 saturated carbocycles. The standard InChI is InChI=1S/C20H27BN2O3/c1-14(13-24-6)16-11-22-18(23-12-16)15-8-7-9-17(10-15)21-25-19(2,3)20(4,5)26-21/h7-12,14H,13H2,1-6H3. The van der Waals surface area contributed by atoms with Gasteiger partial charge in [-0.2, -0.15) is 0 Å². The van der Waals surface area contributed by atoms with E-state index in [1.807, 2.05) is 36.7 Å². The zero-order valence-corrected chi connectivity index (χ0v) is 16.4. The summed E-state index contributed by atoms with van der Waals surface area (Å²) in [6.07, 6.45) is 3.74. The van der Waals surface area contributed by atoms with Gasteiger partial charge in [0, 0.05) is 31.0 Å². The number of nitrogens with zero attached hydrogens (tertiary/aromatic N) is 2. The molecule has 1 saturated heterocycles. The van der Waals surface area contributed by atoms with E-state index < -0.39 is 0 Å². The molecule has 0 spiro atoms. The van der Waals surface area contributed by atoms with E-state index in [-0.39, 0.29) is 24.2 Å². The molecular formula is C20H27BN2O3. The minimum atomic E-state index is -0.388. The average molecular weight is 354 g/mol. The van der Waals surface area contributed by atoms with E-state index in [9.17, 15) is 0 Å². The van der Waals surface area contributed by atoms with E-state index in [0.717, 1.165) is 16.6 Å². The number of hydrogen-bond donors (Lipinski definition) is 0. The van der Waals surface area contributed by atoms with Gasteiger partial charge in [0.2, 0.25) is 0 Å². The van der Waals surface area contributed by atoms with Crippen LogP contribution >= 0.6 is 0 Å². The van der Waals surface area contributed by atoms with Gasteiger partial charge in [-0.25, -0.2) is 9.97 Å². The minimum absolute atomic E-state index is 0.269. The lowest BCUT2D eigenvalue weighted by molar-refractivity contribution is 0.00578. The SMILES string of the molecule is COCC(C)c1cnc(-c2cccc(B3OC(C)(C)C(C)(C)O3)c2)nc1. The van der Waals surface area contributed by atoms with Gasteiger partial charge in [-0.05, 0) is 38.7 Å². The zero-order valence-electron chi connectivity index (χ0n) is 16.4. The highest BCUT2D eigenvalue weighted by Gasteiger charge is 2.51. The Morgan fingerprint density at radius 3 is 2.27 bits per heavy atom. The summed E-state index contributed by atoms with van der Waals surface area (Å²) in [5, 5.41) is 0. The Hall–Kier alpha value is -1.76. The maximum Gasteiger partial charge on any atom is 0.494 e. The number of hydrogen-bond acceptors (Lipinski definition) is 5. The molecule has 3 rings (SSSR count). The fourth-order valence-corrected chi connectivity index (χ4v) is 2.89. The molecule has 1 unspecified atom stereocenters. The zero-order chi connectivity index (χ0) is 18.9. The Labute approximate surface area is 156 Å². The van der Waals surface area contributed by atoms with Gasteiger partial charge >= 0.3 is 7.12 Å². The van der Waals surface area contributed by atoms with Crippen molar-refractivity contribution in [1.82, 2.24) is 9.97 Å². The van der Waals surface area contributed by atoms with Gasteiger partial charge in [0.1, 0.15) is 0 Å². The van der Waals surface area contributed by atoms with Crippen molar-refractivity contribution in [2.24, 2.45) is 0 Å². The summed E-state index contributed by atoms with van der Waals surface area (Å²) in [5.74, 6) is 0.960. The molecular weight excluding hydrogens is 327 g/mol. The highest BCUT2D eigenvalue weighted by atomic mass is 16.7. The van der Waals surface area contributed by atoms with Crippen molar-refractivity contribution in [2.45, 2.75) is 51.7 Å². The van der Waals surface area contributed by atoms with Crippen molar-refractivity contribution >= 4 is 12.6 Å². The van der Waals surface area contributed by atoms with E-state index in [2.05, 4.69) is 44.6 Å². The van der Waals surface area contributed by atoms with Crippen LogP contribution in [0.2, 0.25) is 0 Å². The van der Waals surface area contributed by atoms with E-state index >= 15 is 0 Å². The molecule has 2 aromatic rings. The number of aromatic nitrogens is 2. The van der Waals surface area contributed by atoms with Gasteiger partial charge in [0.05, 0.1) is 17.8 Å². The molecule has 1 aliphatic heterocycles. The summed E-state index contributed by atoms with van der Waals surface area (Å²) >= 11 is 0. The molecule has 1 aromatic heterocycles. The maximum absolute atomic E-state index is 6.14. The Morgan fingerprint density at radius 1 is 1.08 bits per heavy atom. The third kappa shape index (κ3) is 3.68.